The zero-order valence-electron chi connectivity index (χ0n) is 14.6. The Bertz CT molecular complexity index is 966. The molecular formula is C17H18ClN7O2. The van der Waals surface area contributed by atoms with E-state index < -0.39 is 6.10 Å². The van der Waals surface area contributed by atoms with Gasteiger partial charge >= 0.3 is 0 Å². The lowest BCUT2D eigenvalue weighted by Crippen LogP contribution is -2.44. The van der Waals surface area contributed by atoms with Crippen LogP contribution in [0.25, 0.3) is 0 Å². The number of carbonyl (C=O) groups is 1. The molecule has 1 aliphatic rings. The van der Waals surface area contributed by atoms with E-state index in [4.69, 9.17) is 11.6 Å². The van der Waals surface area contributed by atoms with E-state index in [1.807, 2.05) is 19.2 Å². The maximum Gasteiger partial charge on any atom is 0.274 e. The van der Waals surface area contributed by atoms with Crippen molar-refractivity contribution in [2.24, 2.45) is 0 Å². The number of rotatable bonds is 5. The molecule has 0 saturated carbocycles. The summed E-state index contributed by atoms with van der Waals surface area (Å²) in [4.78, 5) is 15.6. The van der Waals surface area contributed by atoms with Crippen LogP contribution in [0.4, 0.5) is 0 Å². The number of benzene rings is 1. The van der Waals surface area contributed by atoms with Crippen molar-refractivity contribution in [3.63, 3.8) is 0 Å². The van der Waals surface area contributed by atoms with E-state index in [1.165, 1.54) is 4.80 Å². The molecule has 0 aliphatic carbocycles. The van der Waals surface area contributed by atoms with Gasteiger partial charge in [-0.25, -0.2) is 0 Å². The summed E-state index contributed by atoms with van der Waals surface area (Å²) in [6.07, 6.45) is 1.04. The molecular weight excluding hydrogens is 370 g/mol. The first-order valence-electron chi connectivity index (χ1n) is 8.42. The molecule has 1 atom stereocenters. The molecule has 2 aromatic heterocycles. The molecule has 0 bridgehead atoms. The van der Waals surface area contributed by atoms with Gasteiger partial charge in [-0.2, -0.15) is 4.80 Å². The average Bonchev–Trinajstić information content (AvgIpc) is 3.25. The highest BCUT2D eigenvalue weighted by Gasteiger charge is 2.27. The minimum absolute atomic E-state index is 0.0891. The number of tetrazole rings is 1. The topological polar surface area (TPSA) is 101 Å². The van der Waals surface area contributed by atoms with Crippen LogP contribution in [0, 0.1) is 6.92 Å². The predicted octanol–water partition coefficient (Wildman–Crippen LogP) is 1.33. The Morgan fingerprint density at radius 1 is 1.30 bits per heavy atom. The second kappa shape index (κ2) is 7.01. The first-order chi connectivity index (χ1) is 13.0. The van der Waals surface area contributed by atoms with Gasteiger partial charge in [0.15, 0.2) is 5.82 Å². The smallest absolute Gasteiger partial charge is 0.274 e. The van der Waals surface area contributed by atoms with Gasteiger partial charge in [0.25, 0.3) is 5.91 Å². The molecule has 27 heavy (non-hydrogen) atoms. The van der Waals surface area contributed by atoms with Gasteiger partial charge < -0.3 is 15.4 Å². The van der Waals surface area contributed by atoms with Crippen LogP contribution in [-0.4, -0.2) is 47.5 Å². The zero-order valence-corrected chi connectivity index (χ0v) is 15.3. The molecule has 1 aromatic carbocycles. The van der Waals surface area contributed by atoms with E-state index in [-0.39, 0.29) is 19.0 Å². The summed E-state index contributed by atoms with van der Waals surface area (Å²) in [5, 5.41) is 23.1. The number of amides is 1. The van der Waals surface area contributed by atoms with Crippen LogP contribution >= 0.6 is 11.6 Å². The van der Waals surface area contributed by atoms with E-state index in [0.29, 0.717) is 28.8 Å². The number of nitrogens with one attached hydrogen (secondary N) is 1. The van der Waals surface area contributed by atoms with Crippen molar-refractivity contribution in [2.75, 3.05) is 12.1 Å². The highest BCUT2D eigenvalue weighted by Crippen LogP contribution is 2.18. The minimum Gasteiger partial charge on any atom is -0.386 e. The summed E-state index contributed by atoms with van der Waals surface area (Å²) in [6, 6.07) is 8.82. The summed E-state index contributed by atoms with van der Waals surface area (Å²) < 4.78 is 1.72. The van der Waals surface area contributed by atoms with Gasteiger partial charge in [-0.05, 0) is 41.5 Å². The summed E-state index contributed by atoms with van der Waals surface area (Å²) in [6.45, 7) is 2.62. The first kappa shape index (κ1) is 17.5. The standard InChI is InChI=1S/C17H18ClN7O2/c1-11-6-7-24-16(11)17(27)23(10-19-24)9-15-20-22-25(21-15)8-14(26)12-2-4-13(18)5-3-12/h2-7,14,19,26H,8-10H2,1H3/t14-/m0/s1. The second-order valence-corrected chi connectivity index (χ2v) is 6.80. The number of fused-ring (bicyclic) bond motifs is 1. The lowest BCUT2D eigenvalue weighted by atomic mass is 10.1. The van der Waals surface area contributed by atoms with Crippen molar-refractivity contribution >= 4 is 17.5 Å². The molecule has 1 amide bonds. The maximum atomic E-state index is 12.6. The number of aryl methyl sites for hydroxylation is 1. The van der Waals surface area contributed by atoms with Crippen molar-refractivity contribution in [1.29, 1.82) is 0 Å². The number of hydrogen-bond donors (Lipinski definition) is 2. The van der Waals surface area contributed by atoms with Crippen molar-refractivity contribution in [3.05, 3.63) is 64.2 Å². The number of carbonyl (C=O) groups excluding carboxylic acids is 1. The zero-order chi connectivity index (χ0) is 19.0. The number of aliphatic hydroxyl groups is 1. The highest BCUT2D eigenvalue weighted by atomic mass is 35.5. The SMILES string of the molecule is Cc1ccn2c1C(=O)N(Cc1nnn(C[C@H](O)c3ccc(Cl)cc3)n1)CN2. The molecule has 0 spiro atoms. The summed E-state index contributed by atoms with van der Waals surface area (Å²) >= 11 is 5.86. The third-order valence-corrected chi connectivity index (χ3v) is 4.68. The number of halogens is 1. The number of nitrogens with zero attached hydrogens (tertiary/aromatic N) is 6. The number of hydrogen-bond acceptors (Lipinski definition) is 6. The van der Waals surface area contributed by atoms with Crippen LogP contribution < -0.4 is 5.43 Å². The molecule has 4 rings (SSSR count). The predicted molar refractivity (Wildman–Crippen MR) is 97.5 cm³/mol. The lowest BCUT2D eigenvalue weighted by molar-refractivity contribution is 0.0710. The van der Waals surface area contributed by atoms with E-state index in [0.717, 1.165) is 5.56 Å². The average molecular weight is 388 g/mol. The van der Waals surface area contributed by atoms with Crippen LogP contribution in [0.15, 0.2) is 36.5 Å². The van der Waals surface area contributed by atoms with Crippen molar-refractivity contribution in [3.8, 4) is 0 Å². The van der Waals surface area contributed by atoms with E-state index in [2.05, 4.69) is 20.8 Å². The van der Waals surface area contributed by atoms with Gasteiger partial charge in [0.05, 0.1) is 13.1 Å². The fraction of sp³-hybridized carbons (Fsp3) is 0.294. The molecule has 1 aliphatic heterocycles. The Labute approximate surface area is 160 Å². The number of aromatic nitrogens is 5. The van der Waals surface area contributed by atoms with Gasteiger partial charge in [0.2, 0.25) is 0 Å². The van der Waals surface area contributed by atoms with E-state index in [1.54, 1.807) is 33.8 Å². The first-order valence-corrected chi connectivity index (χ1v) is 8.80. The molecule has 3 aromatic rings. The van der Waals surface area contributed by atoms with Crippen LogP contribution in [0.2, 0.25) is 5.02 Å². The quantitative estimate of drug-likeness (QED) is 0.684. The molecule has 2 N–H and O–H groups in total. The third kappa shape index (κ3) is 3.51. The largest absolute Gasteiger partial charge is 0.386 e. The van der Waals surface area contributed by atoms with Gasteiger partial charge in [-0.3, -0.25) is 9.47 Å². The summed E-state index contributed by atoms with van der Waals surface area (Å²) in [7, 11) is 0. The van der Waals surface area contributed by atoms with Gasteiger partial charge in [-0.1, -0.05) is 23.7 Å². The summed E-state index contributed by atoms with van der Waals surface area (Å²) in [5.41, 5.74) is 5.36. The highest BCUT2D eigenvalue weighted by molar-refractivity contribution is 6.30. The van der Waals surface area contributed by atoms with Gasteiger partial charge in [0, 0.05) is 11.2 Å². The van der Waals surface area contributed by atoms with Crippen LogP contribution in [0.1, 0.15) is 33.5 Å². The fourth-order valence-electron chi connectivity index (χ4n) is 2.98. The Kier molecular flexibility index (Phi) is 4.54. The summed E-state index contributed by atoms with van der Waals surface area (Å²) in [5.74, 6) is 0.319. The van der Waals surface area contributed by atoms with Crippen LogP contribution in [-0.2, 0) is 13.1 Å². The molecule has 0 fully saturated rings. The normalized spacial score (nSPS) is 14.8. The monoisotopic (exact) mass is 387 g/mol. The van der Waals surface area contributed by atoms with E-state index in [9.17, 15) is 9.90 Å². The molecule has 0 saturated heterocycles. The molecule has 9 nitrogen and oxygen atoms in total. The van der Waals surface area contributed by atoms with E-state index >= 15 is 0 Å². The molecule has 0 radical (unpaired) electrons. The molecule has 3 heterocycles. The molecule has 140 valence electrons. The third-order valence-electron chi connectivity index (χ3n) is 4.43. The maximum absolute atomic E-state index is 12.6. The van der Waals surface area contributed by atoms with Crippen molar-refractivity contribution in [2.45, 2.75) is 26.1 Å². The minimum atomic E-state index is -0.784. The second-order valence-electron chi connectivity index (χ2n) is 6.36. The van der Waals surface area contributed by atoms with Crippen molar-refractivity contribution < 1.29 is 9.90 Å². The Morgan fingerprint density at radius 3 is 2.85 bits per heavy atom. The fourth-order valence-corrected chi connectivity index (χ4v) is 3.10. The van der Waals surface area contributed by atoms with Gasteiger partial charge in [-0.15, -0.1) is 10.2 Å². The molecule has 10 heteroatoms. The lowest BCUT2D eigenvalue weighted by Gasteiger charge is -2.28. The van der Waals surface area contributed by atoms with Gasteiger partial charge in [0.1, 0.15) is 18.5 Å². The Hall–Kier alpha value is -2.91. The number of aliphatic hydroxyl groups excluding tert-OH is 1. The Balaban J connectivity index is 1.42. The van der Waals surface area contributed by atoms with Crippen molar-refractivity contribution in [1.82, 2.24) is 29.8 Å². The van der Waals surface area contributed by atoms with Crippen LogP contribution in [0.5, 0.6) is 0 Å². The Morgan fingerprint density at radius 2 is 2.07 bits per heavy atom. The van der Waals surface area contributed by atoms with Crippen LogP contribution in [0.3, 0.4) is 0 Å². The molecule has 0 unspecified atom stereocenters.